The molecule has 1 saturated heterocycles. The van der Waals surface area contributed by atoms with E-state index in [2.05, 4.69) is 0 Å². The molecule has 0 aromatic heterocycles. The molecule has 2 N–H and O–H groups in total. The number of hydrogen-bond acceptors (Lipinski definition) is 3. The van der Waals surface area contributed by atoms with Gasteiger partial charge in [0.15, 0.2) is 0 Å². The minimum absolute atomic E-state index is 0.170. The maximum Gasteiger partial charge on any atom is 0.410 e. The summed E-state index contributed by atoms with van der Waals surface area (Å²) in [5.41, 5.74) is 5.38. The maximum atomic E-state index is 12.1. The van der Waals surface area contributed by atoms with Crippen molar-refractivity contribution in [1.82, 2.24) is 4.90 Å². The van der Waals surface area contributed by atoms with Crippen LogP contribution in [0.5, 0.6) is 0 Å². The minimum Gasteiger partial charge on any atom is -0.444 e. The number of hydrogen-bond donors (Lipinski definition) is 1. The molecular formula is C14H28N2O2. The van der Waals surface area contributed by atoms with Gasteiger partial charge in [-0.2, -0.15) is 0 Å². The van der Waals surface area contributed by atoms with E-state index in [9.17, 15) is 4.79 Å². The normalized spacial score (nSPS) is 22.7. The summed E-state index contributed by atoms with van der Waals surface area (Å²) in [7, 11) is 0. The first kappa shape index (κ1) is 15.3. The molecule has 0 aromatic carbocycles. The number of carbonyl (C=O) groups is 1. The average molecular weight is 256 g/mol. The van der Waals surface area contributed by atoms with Gasteiger partial charge in [-0.25, -0.2) is 4.79 Å². The first-order valence-electron chi connectivity index (χ1n) is 7.05. The van der Waals surface area contributed by atoms with Gasteiger partial charge in [0, 0.05) is 18.6 Å². The van der Waals surface area contributed by atoms with Crippen molar-refractivity contribution in [3.8, 4) is 0 Å². The van der Waals surface area contributed by atoms with Crippen molar-refractivity contribution in [2.45, 2.75) is 77.5 Å². The average Bonchev–Trinajstić information content (AvgIpc) is 2.24. The fraction of sp³-hybridized carbons (Fsp3) is 0.929. The Morgan fingerprint density at radius 3 is 2.67 bits per heavy atom. The quantitative estimate of drug-likeness (QED) is 0.844. The molecule has 4 nitrogen and oxygen atoms in total. The lowest BCUT2D eigenvalue weighted by atomic mass is 9.97. The first-order chi connectivity index (χ1) is 8.29. The lowest BCUT2D eigenvalue weighted by molar-refractivity contribution is 0.00848. The number of nitrogens with two attached hydrogens (primary N) is 1. The van der Waals surface area contributed by atoms with E-state index < -0.39 is 5.60 Å². The Morgan fingerprint density at radius 1 is 1.44 bits per heavy atom. The molecular weight excluding hydrogens is 228 g/mol. The van der Waals surface area contributed by atoms with Crippen molar-refractivity contribution in [2.24, 2.45) is 5.73 Å². The van der Waals surface area contributed by atoms with E-state index in [1.807, 2.05) is 32.6 Å². The van der Waals surface area contributed by atoms with Crippen LogP contribution < -0.4 is 5.73 Å². The van der Waals surface area contributed by atoms with Crippen molar-refractivity contribution in [3.63, 3.8) is 0 Å². The second-order valence-corrected chi connectivity index (χ2v) is 6.38. The standard InChI is InChI=1S/C14H28N2O2/c1-11(15)8-9-12-7-5-6-10-16(12)13(17)18-14(2,3)4/h11-12H,5-10,15H2,1-4H3/t11-,12?/m0/s1. The Morgan fingerprint density at radius 2 is 2.11 bits per heavy atom. The van der Waals surface area contributed by atoms with E-state index >= 15 is 0 Å². The molecule has 0 aliphatic carbocycles. The van der Waals surface area contributed by atoms with Gasteiger partial charge in [-0.15, -0.1) is 0 Å². The molecule has 1 amide bonds. The van der Waals surface area contributed by atoms with Crippen LogP contribution in [0.4, 0.5) is 4.79 Å². The van der Waals surface area contributed by atoms with Crippen LogP contribution in [-0.2, 0) is 4.74 Å². The Bertz CT molecular complexity index is 271. The number of amides is 1. The Labute approximate surface area is 111 Å². The Hall–Kier alpha value is -0.770. The highest BCUT2D eigenvalue weighted by molar-refractivity contribution is 5.68. The van der Waals surface area contributed by atoms with Crippen LogP contribution in [0.1, 0.15) is 59.8 Å². The number of piperidine rings is 1. The maximum absolute atomic E-state index is 12.1. The molecule has 0 aromatic rings. The molecule has 1 fully saturated rings. The summed E-state index contributed by atoms with van der Waals surface area (Å²) in [6, 6.07) is 0.506. The van der Waals surface area contributed by atoms with Gasteiger partial charge in [-0.3, -0.25) is 0 Å². The lowest BCUT2D eigenvalue weighted by Crippen LogP contribution is -2.46. The number of nitrogens with zero attached hydrogens (tertiary/aromatic N) is 1. The molecule has 2 atom stereocenters. The summed E-state index contributed by atoms with van der Waals surface area (Å²) in [5, 5.41) is 0. The molecule has 0 saturated carbocycles. The zero-order valence-electron chi connectivity index (χ0n) is 12.2. The second kappa shape index (κ2) is 6.41. The van der Waals surface area contributed by atoms with Crippen LogP contribution in [0.15, 0.2) is 0 Å². The van der Waals surface area contributed by atoms with E-state index in [0.717, 1.165) is 32.2 Å². The molecule has 4 heteroatoms. The minimum atomic E-state index is -0.416. The highest BCUT2D eigenvalue weighted by atomic mass is 16.6. The van der Waals surface area contributed by atoms with Crippen LogP contribution >= 0.6 is 0 Å². The summed E-state index contributed by atoms with van der Waals surface area (Å²) >= 11 is 0. The van der Waals surface area contributed by atoms with E-state index in [1.165, 1.54) is 6.42 Å². The monoisotopic (exact) mass is 256 g/mol. The SMILES string of the molecule is C[C@H](N)CCC1CCCCN1C(=O)OC(C)(C)C. The molecule has 106 valence electrons. The van der Waals surface area contributed by atoms with Crippen LogP contribution in [0.25, 0.3) is 0 Å². The van der Waals surface area contributed by atoms with Gasteiger partial charge in [0.1, 0.15) is 5.60 Å². The van der Waals surface area contributed by atoms with E-state index in [-0.39, 0.29) is 12.1 Å². The van der Waals surface area contributed by atoms with Gasteiger partial charge in [0.05, 0.1) is 0 Å². The van der Waals surface area contributed by atoms with Gasteiger partial charge in [0.2, 0.25) is 0 Å². The van der Waals surface area contributed by atoms with Gasteiger partial charge >= 0.3 is 6.09 Å². The van der Waals surface area contributed by atoms with Crippen LogP contribution in [0.3, 0.4) is 0 Å². The molecule has 1 rings (SSSR count). The van der Waals surface area contributed by atoms with Crippen molar-refractivity contribution in [1.29, 1.82) is 0 Å². The smallest absolute Gasteiger partial charge is 0.410 e. The summed E-state index contributed by atoms with van der Waals surface area (Å²) in [6.45, 7) is 8.56. The highest BCUT2D eigenvalue weighted by Crippen LogP contribution is 2.23. The molecule has 0 spiro atoms. The summed E-state index contributed by atoms with van der Waals surface area (Å²) in [4.78, 5) is 14.0. The number of carbonyl (C=O) groups excluding carboxylic acids is 1. The zero-order valence-corrected chi connectivity index (χ0v) is 12.2. The van der Waals surface area contributed by atoms with Crippen LogP contribution in [-0.4, -0.2) is 35.2 Å². The topological polar surface area (TPSA) is 55.6 Å². The molecule has 1 aliphatic rings. The Balaban J connectivity index is 2.55. The van der Waals surface area contributed by atoms with Gasteiger partial charge in [-0.1, -0.05) is 0 Å². The van der Waals surface area contributed by atoms with E-state index in [4.69, 9.17) is 10.5 Å². The number of rotatable bonds is 3. The van der Waals surface area contributed by atoms with E-state index in [1.54, 1.807) is 0 Å². The molecule has 0 bridgehead atoms. The molecule has 18 heavy (non-hydrogen) atoms. The Kier molecular flexibility index (Phi) is 5.45. The highest BCUT2D eigenvalue weighted by Gasteiger charge is 2.30. The van der Waals surface area contributed by atoms with Crippen molar-refractivity contribution in [2.75, 3.05) is 6.54 Å². The van der Waals surface area contributed by atoms with Gasteiger partial charge in [0.25, 0.3) is 0 Å². The fourth-order valence-electron chi connectivity index (χ4n) is 2.32. The van der Waals surface area contributed by atoms with Gasteiger partial charge in [-0.05, 0) is 59.8 Å². The van der Waals surface area contributed by atoms with Crippen LogP contribution in [0, 0.1) is 0 Å². The first-order valence-corrected chi connectivity index (χ1v) is 7.05. The molecule has 1 unspecified atom stereocenters. The zero-order chi connectivity index (χ0) is 13.8. The van der Waals surface area contributed by atoms with Crippen molar-refractivity contribution in [3.05, 3.63) is 0 Å². The lowest BCUT2D eigenvalue weighted by Gasteiger charge is -2.37. The third-order valence-corrected chi connectivity index (χ3v) is 3.21. The molecule has 0 radical (unpaired) electrons. The third kappa shape index (κ3) is 5.25. The summed E-state index contributed by atoms with van der Waals surface area (Å²) in [5.74, 6) is 0. The second-order valence-electron chi connectivity index (χ2n) is 6.38. The van der Waals surface area contributed by atoms with Gasteiger partial charge < -0.3 is 15.4 Å². The number of ether oxygens (including phenoxy) is 1. The largest absolute Gasteiger partial charge is 0.444 e. The molecule has 1 aliphatic heterocycles. The van der Waals surface area contributed by atoms with Crippen molar-refractivity contribution >= 4 is 6.09 Å². The third-order valence-electron chi connectivity index (χ3n) is 3.21. The summed E-state index contributed by atoms with van der Waals surface area (Å²) in [6.07, 6.45) is 5.13. The van der Waals surface area contributed by atoms with E-state index in [0.29, 0.717) is 6.04 Å². The predicted molar refractivity (Wildman–Crippen MR) is 73.5 cm³/mol. The predicted octanol–water partition coefficient (Wildman–Crippen LogP) is 2.90. The van der Waals surface area contributed by atoms with Crippen LogP contribution in [0.2, 0.25) is 0 Å². The summed E-state index contributed by atoms with van der Waals surface area (Å²) < 4.78 is 5.47. The fourth-order valence-corrected chi connectivity index (χ4v) is 2.32. The molecule has 1 heterocycles. The number of likely N-dealkylation sites (tertiary alicyclic amines) is 1. The van der Waals surface area contributed by atoms with Crippen molar-refractivity contribution < 1.29 is 9.53 Å².